The summed E-state index contributed by atoms with van der Waals surface area (Å²) < 4.78 is 0. The van der Waals surface area contributed by atoms with Gasteiger partial charge in [0.25, 0.3) is 0 Å². The van der Waals surface area contributed by atoms with Crippen LogP contribution in [0.3, 0.4) is 0 Å². The Hall–Kier alpha value is 3.59. The molecular weight excluding hydrogens is 470 g/mol. The van der Waals surface area contributed by atoms with Crippen molar-refractivity contribution < 1.29 is 145 Å². The molecule has 0 saturated heterocycles. The summed E-state index contributed by atoms with van der Waals surface area (Å²) in [6.07, 6.45) is 0. The van der Waals surface area contributed by atoms with Crippen LogP contribution in [0, 0.1) is 83.5 Å². The van der Waals surface area contributed by atoms with Gasteiger partial charge in [-0.25, -0.2) is 0 Å². The van der Waals surface area contributed by atoms with Crippen molar-refractivity contribution in [3.05, 3.63) is 0 Å². The van der Waals surface area contributed by atoms with Gasteiger partial charge < -0.3 is 27.4 Å². The molecule has 0 saturated carbocycles. The molecule has 0 amide bonds. The van der Waals surface area contributed by atoms with Crippen LogP contribution in [-0.2, 0) is 61.5 Å². The number of hydrogen-bond donors (Lipinski definition) is 0. The van der Waals surface area contributed by atoms with Crippen molar-refractivity contribution in [2.45, 2.75) is 0 Å². The van der Waals surface area contributed by atoms with Gasteiger partial charge in [-0.2, -0.15) is 0 Å². The molecule has 5 nitrogen and oxygen atoms in total. The standard InChI is InChI=1S/2Ce.2Mn.5O/q2*+3;2*+2;5*-2. The maximum atomic E-state index is 0. The van der Waals surface area contributed by atoms with Crippen molar-refractivity contribution >= 4 is 0 Å². The Kier molecular flexibility index (Phi) is 1470. The molecule has 0 atom stereocenters. The molecule has 0 aliphatic heterocycles. The summed E-state index contributed by atoms with van der Waals surface area (Å²) in [5.74, 6) is 0. The zero-order valence-corrected chi connectivity index (χ0v) is 12.4. The third kappa shape index (κ3) is 82.7. The van der Waals surface area contributed by atoms with Gasteiger partial charge in [-0.3, -0.25) is 0 Å². The van der Waals surface area contributed by atoms with E-state index in [0.29, 0.717) is 0 Å². The summed E-state index contributed by atoms with van der Waals surface area (Å²) in [5.41, 5.74) is 0. The second-order valence-electron chi connectivity index (χ2n) is 0. The first-order valence-electron chi connectivity index (χ1n) is 0. The summed E-state index contributed by atoms with van der Waals surface area (Å²) in [7, 11) is 0. The number of rotatable bonds is 0. The molecule has 0 bridgehead atoms. The minimum atomic E-state index is 0. The van der Waals surface area contributed by atoms with Crippen molar-refractivity contribution in [2.75, 3.05) is 0 Å². The topological polar surface area (TPSA) is 142 Å². The molecule has 0 spiro atoms. The van der Waals surface area contributed by atoms with E-state index in [1.807, 2.05) is 0 Å². The van der Waals surface area contributed by atoms with Crippen molar-refractivity contribution in [3.8, 4) is 0 Å². The van der Waals surface area contributed by atoms with Gasteiger partial charge in [0, 0.05) is 0 Å². The predicted molar refractivity (Wildman–Crippen MR) is 3.43 cm³/mol. The Morgan fingerprint density at radius 3 is 0.333 bits per heavy atom. The molecule has 9 heteroatoms. The van der Waals surface area contributed by atoms with Gasteiger partial charge >= 0.3 is 118 Å². The van der Waals surface area contributed by atoms with Crippen molar-refractivity contribution in [3.63, 3.8) is 0 Å². The van der Waals surface area contributed by atoms with Gasteiger partial charge in [-0.1, -0.05) is 0 Å². The van der Waals surface area contributed by atoms with Crippen LogP contribution in [0.25, 0.3) is 0 Å². The minimum Gasteiger partial charge on any atom is -2.00 e. The summed E-state index contributed by atoms with van der Waals surface area (Å²) in [4.78, 5) is 0. The van der Waals surface area contributed by atoms with Crippen LogP contribution >= 0.6 is 0 Å². The molecule has 0 aromatic heterocycles. The third-order valence-electron chi connectivity index (χ3n) is 0. The van der Waals surface area contributed by atoms with E-state index in [0.717, 1.165) is 0 Å². The third-order valence-corrected chi connectivity index (χ3v) is 0. The summed E-state index contributed by atoms with van der Waals surface area (Å²) in [6.45, 7) is 0. The Labute approximate surface area is 142 Å². The molecule has 0 heterocycles. The molecule has 0 fully saturated rings. The maximum Gasteiger partial charge on any atom is 3.00 e. The second kappa shape index (κ2) is 101. The molecule has 9 heavy (non-hydrogen) atoms. The minimum absolute atomic E-state index is 0. The van der Waals surface area contributed by atoms with Gasteiger partial charge in [-0.05, 0) is 0 Å². The SMILES string of the molecule is [Ce+3].[Ce+3].[Mn+2].[Mn+2].[O-2].[O-2].[O-2].[O-2].[O-2]. The Morgan fingerprint density at radius 1 is 0.333 bits per heavy atom. The molecular formula is Ce2Mn2O5. The quantitative estimate of drug-likeness (QED) is 0.417. The van der Waals surface area contributed by atoms with E-state index in [1.54, 1.807) is 0 Å². The van der Waals surface area contributed by atoms with Crippen molar-refractivity contribution in [1.82, 2.24) is 0 Å². The van der Waals surface area contributed by atoms with Crippen LogP contribution in [0.2, 0.25) is 0 Å². The summed E-state index contributed by atoms with van der Waals surface area (Å²) in [5, 5.41) is 0. The normalized spacial score (nSPS) is 0. The van der Waals surface area contributed by atoms with Gasteiger partial charge in [0.2, 0.25) is 0 Å². The van der Waals surface area contributed by atoms with E-state index >= 15 is 0 Å². The molecule has 4 radical (unpaired) electrons. The fourth-order valence-electron chi connectivity index (χ4n) is 0. The average molecular weight is 470 g/mol. The van der Waals surface area contributed by atoms with Gasteiger partial charge in [0.15, 0.2) is 0 Å². The summed E-state index contributed by atoms with van der Waals surface area (Å²) in [6, 6.07) is 0. The van der Waals surface area contributed by atoms with E-state index in [-0.39, 0.29) is 145 Å². The molecule has 0 aromatic carbocycles. The monoisotopic (exact) mass is 470 g/mol. The molecule has 0 N–H and O–H groups in total. The van der Waals surface area contributed by atoms with Crippen LogP contribution in [0.1, 0.15) is 0 Å². The molecule has 52 valence electrons. The van der Waals surface area contributed by atoms with Crippen molar-refractivity contribution in [2.24, 2.45) is 0 Å². The van der Waals surface area contributed by atoms with Gasteiger partial charge in [0.05, 0.1) is 0 Å². The first-order chi connectivity index (χ1) is 0. The number of hydrogen-bond acceptors (Lipinski definition) is 0. The molecule has 0 aliphatic carbocycles. The largest absolute Gasteiger partial charge is 3.00 e. The van der Waals surface area contributed by atoms with E-state index in [1.165, 1.54) is 0 Å². The predicted octanol–water partition coefficient (Wildman–Crippen LogP) is -0.599. The Morgan fingerprint density at radius 2 is 0.333 bits per heavy atom. The van der Waals surface area contributed by atoms with Crippen LogP contribution in [-0.4, -0.2) is 0 Å². The Balaban J connectivity index is 0. The summed E-state index contributed by atoms with van der Waals surface area (Å²) >= 11 is 0. The van der Waals surface area contributed by atoms with Crippen LogP contribution in [0.4, 0.5) is 0 Å². The zero-order valence-electron chi connectivity index (χ0n) is 3.80. The van der Waals surface area contributed by atoms with E-state index in [2.05, 4.69) is 0 Å². The van der Waals surface area contributed by atoms with Gasteiger partial charge in [0.1, 0.15) is 0 Å². The fraction of sp³-hybridized carbons (Fsp3) is 0. The van der Waals surface area contributed by atoms with E-state index in [9.17, 15) is 0 Å². The first-order valence-corrected chi connectivity index (χ1v) is 0. The van der Waals surface area contributed by atoms with E-state index < -0.39 is 0 Å². The Bertz CT molecular complexity index is 12.9. The average Bonchev–Trinajstić information content (AvgIpc) is 0. The molecule has 0 aliphatic rings. The first kappa shape index (κ1) is 131. The van der Waals surface area contributed by atoms with E-state index in [4.69, 9.17) is 0 Å². The molecule has 0 aromatic rings. The maximum absolute atomic E-state index is 0. The van der Waals surface area contributed by atoms with Crippen molar-refractivity contribution in [1.29, 1.82) is 0 Å². The van der Waals surface area contributed by atoms with Crippen LogP contribution in [0.5, 0.6) is 0 Å². The van der Waals surface area contributed by atoms with Crippen LogP contribution in [0.15, 0.2) is 0 Å². The second-order valence-corrected chi connectivity index (χ2v) is 0. The smallest absolute Gasteiger partial charge is 2.00 e. The zero-order chi connectivity index (χ0) is 0. The van der Waals surface area contributed by atoms with Gasteiger partial charge in [-0.15, -0.1) is 0 Å². The van der Waals surface area contributed by atoms with Crippen LogP contribution < -0.4 is 0 Å². The molecule has 0 rings (SSSR count). The molecule has 0 unspecified atom stereocenters. The fourth-order valence-corrected chi connectivity index (χ4v) is 0.